The highest BCUT2D eigenvalue weighted by Gasteiger charge is 2.30. The van der Waals surface area contributed by atoms with Crippen LogP contribution in [0.5, 0.6) is 0 Å². The molecule has 4 rings (SSSR count). The first-order valence-corrected chi connectivity index (χ1v) is 8.29. The number of nitrogens with zero attached hydrogens (tertiary/aromatic N) is 3. The van der Waals surface area contributed by atoms with E-state index in [1.54, 1.807) is 12.4 Å². The van der Waals surface area contributed by atoms with Gasteiger partial charge in [0.05, 0.1) is 23.5 Å². The Morgan fingerprint density at radius 1 is 0.962 bits per heavy atom. The number of rotatable bonds is 3. The van der Waals surface area contributed by atoms with Crippen LogP contribution in [0, 0.1) is 0 Å². The molecule has 1 aliphatic heterocycles. The molecule has 0 saturated carbocycles. The van der Waals surface area contributed by atoms with Crippen molar-refractivity contribution >= 4 is 17.1 Å². The van der Waals surface area contributed by atoms with E-state index in [1.165, 1.54) is 12.1 Å². The maximum atomic E-state index is 12.8. The van der Waals surface area contributed by atoms with E-state index in [2.05, 4.69) is 14.9 Å². The second-order valence-electron chi connectivity index (χ2n) is 6.14. The molecule has 134 valence electrons. The molecule has 3 aromatic rings. The average molecular weight is 358 g/mol. The second-order valence-corrected chi connectivity index (χ2v) is 6.14. The number of aromatic nitrogens is 2. The molecule has 1 aliphatic rings. The van der Waals surface area contributed by atoms with Gasteiger partial charge in [0, 0.05) is 31.2 Å². The Balaban J connectivity index is 1.64. The number of H-pyrrole nitrogens is 1. The van der Waals surface area contributed by atoms with Crippen molar-refractivity contribution in [2.75, 3.05) is 22.9 Å². The number of fused-ring (bicyclic) bond motifs is 1. The van der Waals surface area contributed by atoms with Gasteiger partial charge in [-0.1, -0.05) is 12.1 Å². The number of anilines is 3. The zero-order valence-electron chi connectivity index (χ0n) is 13.9. The van der Waals surface area contributed by atoms with Crippen molar-refractivity contribution in [1.82, 2.24) is 9.97 Å². The lowest BCUT2D eigenvalue weighted by Crippen LogP contribution is -2.38. The van der Waals surface area contributed by atoms with Crippen LogP contribution in [0.25, 0.3) is 0 Å². The first-order valence-electron chi connectivity index (χ1n) is 8.29. The summed E-state index contributed by atoms with van der Waals surface area (Å²) in [6.45, 7) is 2.09. The molecular weight excluding hydrogens is 341 g/mol. The van der Waals surface area contributed by atoms with Crippen LogP contribution in [-0.4, -0.2) is 23.1 Å². The van der Waals surface area contributed by atoms with Crippen LogP contribution >= 0.6 is 0 Å². The fraction of sp³-hybridized carbons (Fsp3) is 0.211. The first-order chi connectivity index (χ1) is 12.5. The normalized spacial score (nSPS) is 14.4. The summed E-state index contributed by atoms with van der Waals surface area (Å²) in [5, 5.41) is 0. The minimum Gasteiger partial charge on any atom is -0.361 e. The molecule has 26 heavy (non-hydrogen) atoms. The van der Waals surface area contributed by atoms with Gasteiger partial charge in [0.15, 0.2) is 0 Å². The lowest BCUT2D eigenvalue weighted by atomic mass is 10.1. The fourth-order valence-corrected chi connectivity index (χ4v) is 3.25. The monoisotopic (exact) mass is 358 g/mol. The van der Waals surface area contributed by atoms with E-state index in [-0.39, 0.29) is 0 Å². The van der Waals surface area contributed by atoms with E-state index >= 15 is 0 Å². The highest BCUT2D eigenvalue weighted by atomic mass is 19.4. The molecule has 0 atom stereocenters. The molecule has 2 heterocycles. The van der Waals surface area contributed by atoms with Crippen molar-refractivity contribution in [2.24, 2.45) is 0 Å². The Bertz CT molecular complexity index is 873. The number of hydrogen-bond acceptors (Lipinski definition) is 3. The molecule has 2 aromatic carbocycles. The van der Waals surface area contributed by atoms with E-state index in [0.29, 0.717) is 13.1 Å². The number of imidazole rings is 1. The molecule has 0 bridgehead atoms. The van der Waals surface area contributed by atoms with Gasteiger partial charge in [-0.15, -0.1) is 0 Å². The predicted octanol–water partition coefficient (Wildman–Crippen LogP) is 4.59. The van der Waals surface area contributed by atoms with E-state index in [1.807, 2.05) is 29.2 Å². The summed E-state index contributed by atoms with van der Waals surface area (Å²) in [4.78, 5) is 11.6. The van der Waals surface area contributed by atoms with Crippen LogP contribution in [0.15, 0.2) is 60.9 Å². The zero-order chi connectivity index (χ0) is 18.1. The number of benzene rings is 2. The average Bonchev–Trinajstić information content (AvgIpc) is 3.15. The number of nitrogens with one attached hydrogen (secondary N) is 1. The van der Waals surface area contributed by atoms with Crippen LogP contribution < -0.4 is 9.80 Å². The summed E-state index contributed by atoms with van der Waals surface area (Å²) in [7, 11) is 0. The van der Waals surface area contributed by atoms with E-state index in [4.69, 9.17) is 0 Å². The third kappa shape index (κ3) is 3.12. The molecule has 0 spiro atoms. The van der Waals surface area contributed by atoms with Crippen molar-refractivity contribution in [2.45, 2.75) is 12.7 Å². The quantitative estimate of drug-likeness (QED) is 0.744. The number of aromatic amines is 1. The lowest BCUT2D eigenvalue weighted by Gasteiger charge is -2.38. The van der Waals surface area contributed by atoms with Gasteiger partial charge in [-0.3, -0.25) is 0 Å². The van der Waals surface area contributed by atoms with Gasteiger partial charge < -0.3 is 14.8 Å². The molecule has 0 fully saturated rings. The molecule has 4 nitrogen and oxygen atoms in total. The lowest BCUT2D eigenvalue weighted by molar-refractivity contribution is -0.137. The van der Waals surface area contributed by atoms with Crippen LogP contribution in [0.3, 0.4) is 0 Å². The number of para-hydroxylation sites is 2. The van der Waals surface area contributed by atoms with Crippen molar-refractivity contribution in [3.05, 3.63) is 72.3 Å². The molecule has 1 aromatic heterocycles. The van der Waals surface area contributed by atoms with Gasteiger partial charge in [0.2, 0.25) is 0 Å². The summed E-state index contributed by atoms with van der Waals surface area (Å²) < 4.78 is 38.4. The summed E-state index contributed by atoms with van der Waals surface area (Å²) in [5.74, 6) is 0.878. The predicted molar refractivity (Wildman–Crippen MR) is 94.5 cm³/mol. The first kappa shape index (κ1) is 16.5. The largest absolute Gasteiger partial charge is 0.416 e. The van der Waals surface area contributed by atoms with Crippen LogP contribution in [0.1, 0.15) is 11.4 Å². The summed E-state index contributed by atoms with van der Waals surface area (Å²) >= 11 is 0. The smallest absolute Gasteiger partial charge is 0.361 e. The molecule has 7 heteroatoms. The third-order valence-corrected chi connectivity index (χ3v) is 4.51. The maximum absolute atomic E-state index is 12.8. The highest BCUT2D eigenvalue weighted by molar-refractivity contribution is 5.79. The van der Waals surface area contributed by atoms with Crippen molar-refractivity contribution < 1.29 is 13.2 Å². The Morgan fingerprint density at radius 3 is 2.35 bits per heavy atom. The molecule has 0 saturated heterocycles. The zero-order valence-corrected chi connectivity index (χ0v) is 13.9. The second kappa shape index (κ2) is 6.40. The van der Waals surface area contributed by atoms with Crippen LogP contribution in [0.2, 0.25) is 0 Å². The topological polar surface area (TPSA) is 35.2 Å². The van der Waals surface area contributed by atoms with Gasteiger partial charge in [0.25, 0.3) is 0 Å². The standard InChI is InChI=1S/C19H17F3N4/c20-19(21,22)14-5-7-15(8-6-14)26-12-11-25(13-18-23-9-10-24-18)16-3-1-2-4-17(16)26/h1-10H,11-13H2,(H,23,24). The molecule has 0 radical (unpaired) electrons. The number of hydrogen-bond donors (Lipinski definition) is 1. The third-order valence-electron chi connectivity index (χ3n) is 4.51. The Hall–Kier alpha value is -2.96. The van der Waals surface area contributed by atoms with E-state index in [0.717, 1.165) is 41.6 Å². The van der Waals surface area contributed by atoms with E-state index < -0.39 is 11.7 Å². The van der Waals surface area contributed by atoms with Crippen molar-refractivity contribution in [3.63, 3.8) is 0 Å². The molecule has 1 N–H and O–H groups in total. The molecule has 0 amide bonds. The summed E-state index contributed by atoms with van der Waals surface area (Å²) in [6, 6.07) is 13.2. The Labute approximate surface area is 148 Å². The summed E-state index contributed by atoms with van der Waals surface area (Å²) in [6.07, 6.45) is -0.808. The molecule has 0 unspecified atom stereocenters. The minimum absolute atomic E-state index is 0.633. The highest BCUT2D eigenvalue weighted by Crippen LogP contribution is 2.39. The van der Waals surface area contributed by atoms with Crippen molar-refractivity contribution in [1.29, 1.82) is 0 Å². The molecule has 0 aliphatic carbocycles. The Morgan fingerprint density at radius 2 is 1.69 bits per heavy atom. The van der Waals surface area contributed by atoms with Gasteiger partial charge in [-0.05, 0) is 36.4 Å². The number of alkyl halides is 3. The number of halogens is 3. The van der Waals surface area contributed by atoms with Gasteiger partial charge in [-0.2, -0.15) is 13.2 Å². The van der Waals surface area contributed by atoms with Crippen molar-refractivity contribution in [3.8, 4) is 0 Å². The maximum Gasteiger partial charge on any atom is 0.416 e. The minimum atomic E-state index is -4.32. The van der Waals surface area contributed by atoms with Crippen LogP contribution in [-0.2, 0) is 12.7 Å². The van der Waals surface area contributed by atoms with Gasteiger partial charge in [-0.25, -0.2) is 4.98 Å². The Kier molecular flexibility index (Phi) is 4.06. The SMILES string of the molecule is FC(F)(F)c1ccc(N2CCN(Cc3ncc[nH]3)c3ccccc32)cc1. The fourth-order valence-electron chi connectivity index (χ4n) is 3.25. The van der Waals surface area contributed by atoms with Gasteiger partial charge >= 0.3 is 6.18 Å². The van der Waals surface area contributed by atoms with Crippen LogP contribution in [0.4, 0.5) is 30.2 Å². The molecular formula is C19H17F3N4. The van der Waals surface area contributed by atoms with Gasteiger partial charge in [0.1, 0.15) is 5.82 Å². The van der Waals surface area contributed by atoms with E-state index in [9.17, 15) is 13.2 Å². The summed E-state index contributed by atoms with van der Waals surface area (Å²) in [5.41, 5.74) is 2.13.